The predicted octanol–water partition coefficient (Wildman–Crippen LogP) is 5.56. The average Bonchev–Trinajstić information content (AvgIpc) is 2.81. The highest BCUT2D eigenvalue weighted by molar-refractivity contribution is 5.94. The Labute approximate surface area is 186 Å². The van der Waals surface area contributed by atoms with Crippen LogP contribution in [0.5, 0.6) is 0 Å². The van der Waals surface area contributed by atoms with E-state index in [4.69, 9.17) is 0 Å². The molecule has 4 rings (SSSR count). The Morgan fingerprint density at radius 3 is 2.06 bits per heavy atom. The molecule has 0 aliphatic carbocycles. The first-order valence-corrected chi connectivity index (χ1v) is 10.6. The number of nitrogens with zero attached hydrogens (tertiary/aromatic N) is 2. The van der Waals surface area contributed by atoms with Crippen molar-refractivity contribution in [1.82, 2.24) is 9.80 Å². The fourth-order valence-electron chi connectivity index (χ4n) is 4.19. The van der Waals surface area contributed by atoms with Gasteiger partial charge in [-0.3, -0.25) is 9.69 Å². The number of amides is 1. The summed E-state index contributed by atoms with van der Waals surface area (Å²) in [5.74, 6) is -0.359. The number of aryl methyl sites for hydroxylation is 1. The normalized spacial score (nSPS) is 16.1. The van der Waals surface area contributed by atoms with Gasteiger partial charge in [-0.25, -0.2) is 0 Å². The molecule has 1 amide bonds. The molecule has 3 aromatic carbocycles. The SMILES string of the molecule is Cc1ccc(C(c2ccccc2)N2CCN(C(=O)c3cccc(C(F)(F)F)c3)CC2)cc1. The zero-order valence-electron chi connectivity index (χ0n) is 17.8. The number of carbonyl (C=O) groups is 1. The van der Waals surface area contributed by atoms with Crippen LogP contribution < -0.4 is 0 Å². The van der Waals surface area contributed by atoms with Gasteiger partial charge < -0.3 is 4.90 Å². The number of alkyl halides is 3. The molecule has 32 heavy (non-hydrogen) atoms. The molecule has 1 fully saturated rings. The third-order valence-electron chi connectivity index (χ3n) is 5.91. The zero-order valence-corrected chi connectivity index (χ0v) is 17.8. The molecule has 1 aliphatic heterocycles. The third kappa shape index (κ3) is 4.86. The van der Waals surface area contributed by atoms with Crippen LogP contribution in [-0.2, 0) is 6.18 Å². The summed E-state index contributed by atoms with van der Waals surface area (Å²) in [6, 6.07) is 23.4. The summed E-state index contributed by atoms with van der Waals surface area (Å²) in [6.45, 7) is 4.25. The summed E-state index contributed by atoms with van der Waals surface area (Å²) in [5.41, 5.74) is 2.82. The molecule has 1 aliphatic rings. The number of carbonyl (C=O) groups excluding carboxylic acids is 1. The molecule has 0 bridgehead atoms. The summed E-state index contributed by atoms with van der Waals surface area (Å²) < 4.78 is 39.1. The topological polar surface area (TPSA) is 23.6 Å². The van der Waals surface area contributed by atoms with Gasteiger partial charge in [-0.05, 0) is 36.2 Å². The molecule has 0 aromatic heterocycles. The Balaban J connectivity index is 1.51. The van der Waals surface area contributed by atoms with Crippen LogP contribution in [0.1, 0.15) is 38.7 Å². The molecular formula is C26H25F3N2O. The van der Waals surface area contributed by atoms with Crippen LogP contribution in [0.25, 0.3) is 0 Å². The maximum absolute atomic E-state index is 13.0. The molecule has 1 saturated heterocycles. The molecule has 0 radical (unpaired) electrons. The summed E-state index contributed by atoms with van der Waals surface area (Å²) in [7, 11) is 0. The second kappa shape index (κ2) is 9.17. The van der Waals surface area contributed by atoms with Crippen LogP contribution in [0.4, 0.5) is 13.2 Å². The van der Waals surface area contributed by atoms with Gasteiger partial charge in [0, 0.05) is 31.7 Å². The van der Waals surface area contributed by atoms with E-state index in [1.807, 2.05) is 18.2 Å². The second-order valence-corrected chi connectivity index (χ2v) is 8.13. The van der Waals surface area contributed by atoms with Gasteiger partial charge in [0.2, 0.25) is 0 Å². The van der Waals surface area contributed by atoms with Crippen molar-refractivity contribution < 1.29 is 18.0 Å². The lowest BCUT2D eigenvalue weighted by molar-refractivity contribution is -0.137. The highest BCUT2D eigenvalue weighted by atomic mass is 19.4. The average molecular weight is 438 g/mol. The van der Waals surface area contributed by atoms with Crippen molar-refractivity contribution in [2.75, 3.05) is 26.2 Å². The van der Waals surface area contributed by atoms with E-state index in [-0.39, 0.29) is 17.5 Å². The van der Waals surface area contributed by atoms with E-state index in [0.29, 0.717) is 26.2 Å². The van der Waals surface area contributed by atoms with Gasteiger partial charge in [0.25, 0.3) is 5.91 Å². The van der Waals surface area contributed by atoms with Crippen molar-refractivity contribution in [1.29, 1.82) is 0 Å². The molecule has 0 spiro atoms. The van der Waals surface area contributed by atoms with Crippen LogP contribution in [0.3, 0.4) is 0 Å². The Kier molecular flexibility index (Phi) is 6.33. The Morgan fingerprint density at radius 2 is 1.44 bits per heavy atom. The van der Waals surface area contributed by atoms with Crippen molar-refractivity contribution in [3.63, 3.8) is 0 Å². The van der Waals surface area contributed by atoms with E-state index in [9.17, 15) is 18.0 Å². The number of halogens is 3. The van der Waals surface area contributed by atoms with Crippen LogP contribution in [0.2, 0.25) is 0 Å². The van der Waals surface area contributed by atoms with Gasteiger partial charge in [-0.1, -0.05) is 66.2 Å². The lowest BCUT2D eigenvalue weighted by Crippen LogP contribution is -2.49. The standard InChI is InChI=1S/C26H25F3N2O/c1-19-10-12-21(13-11-19)24(20-6-3-2-4-7-20)30-14-16-31(17-15-30)25(32)22-8-5-9-23(18-22)26(27,28)29/h2-13,18,24H,14-17H2,1H3. The van der Waals surface area contributed by atoms with Gasteiger partial charge in [-0.15, -0.1) is 0 Å². The molecule has 0 N–H and O–H groups in total. The summed E-state index contributed by atoms with van der Waals surface area (Å²) >= 11 is 0. The van der Waals surface area contributed by atoms with Gasteiger partial charge in [-0.2, -0.15) is 13.2 Å². The lowest BCUT2D eigenvalue weighted by atomic mass is 9.95. The number of benzene rings is 3. The van der Waals surface area contributed by atoms with E-state index >= 15 is 0 Å². The Bertz CT molecular complexity index is 1060. The molecule has 1 atom stereocenters. The quantitative estimate of drug-likeness (QED) is 0.532. The number of piperazine rings is 1. The fourth-order valence-corrected chi connectivity index (χ4v) is 4.19. The highest BCUT2D eigenvalue weighted by Gasteiger charge is 2.32. The van der Waals surface area contributed by atoms with Gasteiger partial charge >= 0.3 is 6.18 Å². The van der Waals surface area contributed by atoms with Crippen molar-refractivity contribution >= 4 is 5.91 Å². The van der Waals surface area contributed by atoms with Crippen molar-refractivity contribution in [3.05, 3.63) is 107 Å². The molecule has 6 heteroatoms. The molecule has 166 valence electrons. The van der Waals surface area contributed by atoms with E-state index < -0.39 is 11.7 Å². The minimum Gasteiger partial charge on any atom is -0.336 e. The highest BCUT2D eigenvalue weighted by Crippen LogP contribution is 2.31. The molecular weight excluding hydrogens is 413 g/mol. The van der Waals surface area contributed by atoms with Crippen LogP contribution >= 0.6 is 0 Å². The lowest BCUT2D eigenvalue weighted by Gasteiger charge is -2.40. The molecule has 0 saturated carbocycles. The van der Waals surface area contributed by atoms with Crippen molar-refractivity contribution in [3.8, 4) is 0 Å². The maximum atomic E-state index is 13.0. The van der Waals surface area contributed by atoms with E-state index in [0.717, 1.165) is 12.1 Å². The molecule has 3 aromatic rings. The Hall–Kier alpha value is -3.12. The van der Waals surface area contributed by atoms with Crippen molar-refractivity contribution in [2.24, 2.45) is 0 Å². The fraction of sp³-hybridized carbons (Fsp3) is 0.269. The molecule has 3 nitrogen and oxygen atoms in total. The smallest absolute Gasteiger partial charge is 0.336 e. The van der Waals surface area contributed by atoms with Crippen LogP contribution in [-0.4, -0.2) is 41.9 Å². The van der Waals surface area contributed by atoms with Gasteiger partial charge in [0.05, 0.1) is 11.6 Å². The van der Waals surface area contributed by atoms with Crippen LogP contribution in [0, 0.1) is 6.92 Å². The molecule has 1 heterocycles. The second-order valence-electron chi connectivity index (χ2n) is 8.13. The predicted molar refractivity (Wildman–Crippen MR) is 118 cm³/mol. The van der Waals surface area contributed by atoms with E-state index in [2.05, 4.69) is 48.2 Å². The summed E-state index contributed by atoms with van der Waals surface area (Å²) in [5, 5.41) is 0. The Morgan fingerprint density at radius 1 is 0.812 bits per heavy atom. The third-order valence-corrected chi connectivity index (χ3v) is 5.91. The minimum absolute atomic E-state index is 0.0580. The number of rotatable bonds is 4. The van der Waals surface area contributed by atoms with Gasteiger partial charge in [0.15, 0.2) is 0 Å². The maximum Gasteiger partial charge on any atom is 0.416 e. The summed E-state index contributed by atoms with van der Waals surface area (Å²) in [4.78, 5) is 16.8. The monoisotopic (exact) mass is 438 g/mol. The first-order valence-electron chi connectivity index (χ1n) is 10.6. The minimum atomic E-state index is -4.47. The summed E-state index contributed by atoms with van der Waals surface area (Å²) in [6.07, 6.45) is -4.47. The molecule has 1 unspecified atom stereocenters. The van der Waals surface area contributed by atoms with Crippen LogP contribution in [0.15, 0.2) is 78.9 Å². The van der Waals surface area contributed by atoms with E-state index in [1.54, 1.807) is 4.90 Å². The van der Waals surface area contributed by atoms with E-state index in [1.165, 1.54) is 28.8 Å². The zero-order chi connectivity index (χ0) is 22.7. The number of hydrogen-bond donors (Lipinski definition) is 0. The first-order chi connectivity index (χ1) is 15.3. The number of hydrogen-bond acceptors (Lipinski definition) is 2. The van der Waals surface area contributed by atoms with Crippen molar-refractivity contribution in [2.45, 2.75) is 19.1 Å². The first kappa shape index (κ1) is 22.1. The largest absolute Gasteiger partial charge is 0.416 e. The van der Waals surface area contributed by atoms with Gasteiger partial charge in [0.1, 0.15) is 0 Å².